The average Bonchev–Trinajstić information content (AvgIpc) is 0.811. The number of carboxylic acids is 1. The van der Waals surface area contributed by atoms with Gasteiger partial charge in [-0.3, -0.25) is 4.79 Å². The minimum absolute atomic E-state index is 0. The largest absolute Gasteiger partial charge is 0.481 e. The summed E-state index contributed by atoms with van der Waals surface area (Å²) in [5, 5.41) is 7.42. The van der Waals surface area contributed by atoms with Gasteiger partial charge in [0.05, 0.1) is 0 Å². The Morgan fingerprint density at radius 1 is 1.67 bits per heavy atom. The Kier molecular flexibility index (Phi) is 24.3. The van der Waals surface area contributed by atoms with Crippen molar-refractivity contribution in [2.24, 2.45) is 0 Å². The van der Waals surface area contributed by atoms with Crippen LogP contribution in [0.15, 0.2) is 0 Å². The van der Waals surface area contributed by atoms with E-state index in [0.29, 0.717) is 0 Å². The number of carbonyl (C=O) groups is 1. The van der Waals surface area contributed by atoms with Crippen LogP contribution >= 0.6 is 13.5 Å². The Hall–Kier alpha value is 0.443. The zero-order chi connectivity index (χ0) is 3.58. The normalized spacial score (nSPS) is 4.17. The van der Waals surface area contributed by atoms with Crippen LogP contribution in [-0.4, -0.2) is 11.1 Å². The summed E-state index contributed by atoms with van der Waals surface area (Å²) in [5.41, 5.74) is 0. The maximum absolute atomic E-state index is 9.00. The molecule has 0 unspecified atom stereocenters. The van der Waals surface area contributed by atoms with Crippen molar-refractivity contribution in [3.05, 3.63) is 0 Å². The Balaban J connectivity index is -0.0000000450. The second-order valence-corrected chi connectivity index (χ2v) is 0.519. The first-order valence-corrected chi connectivity index (χ1v) is 0.928. The second kappa shape index (κ2) is 9.06. The van der Waals surface area contributed by atoms with Crippen LogP contribution < -0.4 is 0 Å². The smallest absolute Gasteiger partial charge is 0.300 e. The Bertz CT molecular complexity index is 34.5. The molecule has 2 nitrogen and oxygen atoms in total. The fraction of sp³-hybridized carbons (Fsp3) is 0.500. The molecule has 0 amide bonds. The summed E-state index contributed by atoms with van der Waals surface area (Å²) in [7, 11) is 0. The topological polar surface area (TPSA) is 37.3 Å². The summed E-state index contributed by atoms with van der Waals surface area (Å²) < 4.78 is 0. The van der Waals surface area contributed by atoms with Crippen molar-refractivity contribution in [3.63, 3.8) is 0 Å². The quantitative estimate of drug-likeness (QED) is 0.513. The van der Waals surface area contributed by atoms with Gasteiger partial charge in [0, 0.05) is 26.4 Å². The van der Waals surface area contributed by atoms with Gasteiger partial charge in [0.2, 0.25) is 0 Å². The van der Waals surface area contributed by atoms with Crippen molar-refractivity contribution in [3.8, 4) is 0 Å². The van der Waals surface area contributed by atoms with Crippen LogP contribution in [0.4, 0.5) is 0 Å². The Labute approximate surface area is 56.1 Å². The molecule has 0 aromatic heterocycles. The van der Waals surface area contributed by atoms with E-state index in [1.165, 1.54) is 0 Å². The van der Waals surface area contributed by atoms with Gasteiger partial charge in [-0.2, -0.15) is 13.5 Å². The molecule has 0 heterocycles. The van der Waals surface area contributed by atoms with Crippen LogP contribution in [0.2, 0.25) is 0 Å². The monoisotopic (exact) mass is 158 g/mol. The summed E-state index contributed by atoms with van der Waals surface area (Å²) in [6.45, 7) is 1.08. The van der Waals surface area contributed by atoms with E-state index in [9.17, 15) is 0 Å². The van der Waals surface area contributed by atoms with E-state index in [2.05, 4.69) is 0 Å². The molecule has 6 heavy (non-hydrogen) atoms. The third kappa shape index (κ3) is 268. The molecule has 1 N–H and O–H groups in total. The molecule has 0 aromatic rings. The summed E-state index contributed by atoms with van der Waals surface area (Å²) in [5.74, 6) is -0.833. The molecule has 0 bridgehead atoms. The molecule has 0 saturated heterocycles. The van der Waals surface area contributed by atoms with Gasteiger partial charge in [0.25, 0.3) is 5.97 Å². The molecule has 0 spiro atoms. The van der Waals surface area contributed by atoms with Crippen LogP contribution in [0.1, 0.15) is 6.92 Å². The van der Waals surface area contributed by atoms with E-state index < -0.39 is 5.97 Å². The molecule has 0 radical (unpaired) electrons. The maximum Gasteiger partial charge on any atom is 0.300 e. The van der Waals surface area contributed by atoms with Crippen molar-refractivity contribution in [1.29, 1.82) is 0 Å². The number of rotatable bonds is 0. The number of hydrogen-bond acceptors (Lipinski definition) is 1. The van der Waals surface area contributed by atoms with Gasteiger partial charge in [-0.25, -0.2) is 0 Å². The number of aliphatic carboxylic acids is 1. The van der Waals surface area contributed by atoms with Crippen molar-refractivity contribution in [1.82, 2.24) is 0 Å². The van der Waals surface area contributed by atoms with E-state index in [0.717, 1.165) is 6.92 Å². The molecule has 0 aliphatic carbocycles. The molecule has 0 saturated carbocycles. The standard InChI is InChI=1S/C2H4O2.H2S.Zn/c1-2(3)4;;/h1H3,(H,3,4);1H2;. The first-order chi connectivity index (χ1) is 1.73. The third-order valence-electron chi connectivity index (χ3n) is 0. The van der Waals surface area contributed by atoms with Gasteiger partial charge < -0.3 is 5.11 Å². The maximum atomic E-state index is 9.00. The zero-order valence-electron chi connectivity index (χ0n) is 3.56. The second-order valence-electron chi connectivity index (χ2n) is 0.519. The number of hydrogen-bond donors (Lipinski definition) is 1. The molecule has 0 fully saturated rings. The van der Waals surface area contributed by atoms with Crippen LogP contribution in [0.3, 0.4) is 0 Å². The van der Waals surface area contributed by atoms with Gasteiger partial charge in [-0.15, -0.1) is 0 Å². The van der Waals surface area contributed by atoms with Crippen LogP contribution in [0.25, 0.3) is 0 Å². The van der Waals surface area contributed by atoms with E-state index >= 15 is 0 Å². The van der Waals surface area contributed by atoms with E-state index in [1.807, 2.05) is 0 Å². The molecule has 0 aromatic carbocycles. The van der Waals surface area contributed by atoms with Crippen molar-refractivity contribution < 1.29 is 29.4 Å². The van der Waals surface area contributed by atoms with Gasteiger partial charge in [0.15, 0.2) is 0 Å². The van der Waals surface area contributed by atoms with Crippen LogP contribution in [0.5, 0.6) is 0 Å². The van der Waals surface area contributed by atoms with Crippen molar-refractivity contribution >= 4 is 19.5 Å². The fourth-order valence-corrected chi connectivity index (χ4v) is 0. The van der Waals surface area contributed by atoms with Crippen molar-refractivity contribution in [2.45, 2.75) is 6.92 Å². The summed E-state index contributed by atoms with van der Waals surface area (Å²) in [6, 6.07) is 0. The molecule has 0 aliphatic heterocycles. The SMILES string of the molecule is CC(=O)O.S.[Zn]. The molecule has 34 valence electrons. The minimum atomic E-state index is -0.833. The van der Waals surface area contributed by atoms with E-state index in [1.54, 1.807) is 0 Å². The molecule has 0 aliphatic rings. The van der Waals surface area contributed by atoms with Gasteiger partial charge >= 0.3 is 0 Å². The predicted octanol–water partition coefficient (Wildman–Crippen LogP) is 0.201. The van der Waals surface area contributed by atoms with E-state index in [4.69, 9.17) is 9.90 Å². The van der Waals surface area contributed by atoms with Crippen LogP contribution in [-0.2, 0) is 24.3 Å². The zero-order valence-corrected chi connectivity index (χ0v) is 7.53. The summed E-state index contributed by atoms with van der Waals surface area (Å²) >= 11 is 0. The number of carboxylic acid groups (broad SMARTS) is 1. The van der Waals surface area contributed by atoms with E-state index in [-0.39, 0.29) is 33.0 Å². The van der Waals surface area contributed by atoms with Gasteiger partial charge in [-0.05, 0) is 0 Å². The predicted molar refractivity (Wildman–Crippen MR) is 23.7 cm³/mol. The van der Waals surface area contributed by atoms with Crippen LogP contribution in [0, 0.1) is 0 Å². The molecule has 0 rings (SSSR count). The third-order valence-corrected chi connectivity index (χ3v) is 0. The molecule has 0 atom stereocenters. The fourth-order valence-electron chi connectivity index (χ4n) is 0. The molecular weight excluding hydrogens is 153 g/mol. The summed E-state index contributed by atoms with van der Waals surface area (Å²) in [4.78, 5) is 9.00. The minimum Gasteiger partial charge on any atom is -0.481 e. The Morgan fingerprint density at radius 2 is 1.67 bits per heavy atom. The molecule has 4 heteroatoms. The summed E-state index contributed by atoms with van der Waals surface area (Å²) in [6.07, 6.45) is 0. The molecular formula is C2H6O2SZn. The first kappa shape index (κ1) is 16.1. The van der Waals surface area contributed by atoms with Crippen molar-refractivity contribution in [2.75, 3.05) is 0 Å². The van der Waals surface area contributed by atoms with Gasteiger partial charge in [0.1, 0.15) is 0 Å². The first-order valence-electron chi connectivity index (χ1n) is 0.928. The Morgan fingerprint density at radius 3 is 1.67 bits per heavy atom. The van der Waals surface area contributed by atoms with Gasteiger partial charge in [-0.1, -0.05) is 0 Å². The average molecular weight is 160 g/mol.